The van der Waals surface area contributed by atoms with Crippen molar-refractivity contribution in [2.24, 2.45) is 0 Å². The first-order valence-corrected chi connectivity index (χ1v) is 2.49. The van der Waals surface area contributed by atoms with Gasteiger partial charge in [-0.3, -0.25) is 9.37 Å². The number of hydrogen-bond acceptors (Lipinski definition) is 5. The fraction of sp³-hybridized carbons (Fsp3) is 0. The van der Waals surface area contributed by atoms with Crippen LogP contribution in [0.4, 0.5) is 0 Å². The van der Waals surface area contributed by atoms with Crippen molar-refractivity contribution in [3.05, 3.63) is 32.5 Å². The predicted octanol–water partition coefficient (Wildman–Crippen LogP) is -0.709. The molecule has 1 aromatic heterocycles. The van der Waals surface area contributed by atoms with Gasteiger partial charge in [0.15, 0.2) is 0 Å². The molecule has 0 unspecified atom stereocenters. The molecule has 0 amide bonds. The van der Waals surface area contributed by atoms with E-state index in [-0.39, 0.29) is 0 Å². The molecule has 6 heteroatoms. The zero-order valence-electron chi connectivity index (χ0n) is 5.07. The highest BCUT2D eigenvalue weighted by atomic mass is 17.0. The van der Waals surface area contributed by atoms with E-state index in [9.17, 15) is 14.4 Å². The summed E-state index contributed by atoms with van der Waals surface area (Å²) in [4.78, 5) is 30.7. The van der Waals surface area contributed by atoms with E-state index in [4.69, 9.17) is 5.11 Å². The number of carboxylic acids is 1. The minimum absolute atomic E-state index is 0.550. The van der Waals surface area contributed by atoms with Gasteiger partial charge in [-0.2, -0.15) is 0 Å². The normalized spacial score (nSPS) is 9.45. The molecule has 58 valence electrons. The third-order valence-corrected chi connectivity index (χ3v) is 0.881. The zero-order chi connectivity index (χ0) is 8.43. The Balaban J connectivity index is 3.38. The quantitative estimate of drug-likeness (QED) is 0.428. The molecule has 6 nitrogen and oxygen atoms in total. The Kier molecular flexibility index (Phi) is 1.59. The zero-order valence-corrected chi connectivity index (χ0v) is 5.07. The van der Waals surface area contributed by atoms with Crippen molar-refractivity contribution >= 4 is 5.97 Å². The molecule has 0 saturated carbocycles. The van der Waals surface area contributed by atoms with Crippen LogP contribution >= 0.6 is 0 Å². The SMILES string of the molecule is O=C(O)c1cc(=O)c(=O)oo1. The molecule has 1 heterocycles. The summed E-state index contributed by atoms with van der Waals surface area (Å²) >= 11 is 0. The maximum atomic E-state index is 10.4. The molecule has 0 aliphatic heterocycles. The summed E-state index contributed by atoms with van der Waals surface area (Å²) in [6.45, 7) is 0. The van der Waals surface area contributed by atoms with Crippen LogP contribution in [-0.4, -0.2) is 11.1 Å². The van der Waals surface area contributed by atoms with Crippen molar-refractivity contribution in [2.75, 3.05) is 0 Å². The molecule has 1 aromatic rings. The Labute approximate surface area is 58.6 Å². The summed E-state index contributed by atoms with van der Waals surface area (Å²) in [6, 6.07) is 0.550. The summed E-state index contributed by atoms with van der Waals surface area (Å²) in [7, 11) is 0. The van der Waals surface area contributed by atoms with Crippen LogP contribution in [0.15, 0.2) is 24.8 Å². The second-order valence-corrected chi connectivity index (χ2v) is 1.63. The lowest BCUT2D eigenvalue weighted by atomic mass is 10.4. The van der Waals surface area contributed by atoms with Crippen LogP contribution in [0.1, 0.15) is 10.6 Å². The second kappa shape index (κ2) is 2.41. The van der Waals surface area contributed by atoms with Gasteiger partial charge in [0, 0.05) is 6.07 Å². The van der Waals surface area contributed by atoms with E-state index in [0.717, 1.165) is 0 Å². The van der Waals surface area contributed by atoms with Gasteiger partial charge in [-0.05, 0) is 0 Å². The van der Waals surface area contributed by atoms with Gasteiger partial charge in [0.2, 0.25) is 0 Å². The van der Waals surface area contributed by atoms with Crippen LogP contribution in [0.25, 0.3) is 0 Å². The molecule has 0 spiro atoms. The van der Waals surface area contributed by atoms with E-state index in [2.05, 4.69) is 9.15 Å². The van der Waals surface area contributed by atoms with Crippen LogP contribution in [0.5, 0.6) is 0 Å². The van der Waals surface area contributed by atoms with Gasteiger partial charge >= 0.3 is 11.6 Å². The molecular formula is C5H2O6. The average Bonchev–Trinajstić information content (AvgIpc) is 1.94. The maximum absolute atomic E-state index is 10.4. The van der Waals surface area contributed by atoms with Crippen LogP contribution in [-0.2, 0) is 0 Å². The van der Waals surface area contributed by atoms with Crippen molar-refractivity contribution in [1.29, 1.82) is 0 Å². The van der Waals surface area contributed by atoms with Gasteiger partial charge in [0.05, 0.1) is 0 Å². The van der Waals surface area contributed by atoms with Crippen LogP contribution in [0.3, 0.4) is 0 Å². The maximum Gasteiger partial charge on any atom is 0.425 e. The number of aromatic carboxylic acids is 1. The fourth-order valence-corrected chi connectivity index (χ4v) is 0.423. The monoisotopic (exact) mass is 158 g/mol. The Morgan fingerprint density at radius 2 is 2.00 bits per heavy atom. The Morgan fingerprint density at radius 3 is 2.45 bits per heavy atom. The number of carbonyl (C=O) groups is 1. The minimum atomic E-state index is -1.47. The molecule has 0 aromatic carbocycles. The van der Waals surface area contributed by atoms with Gasteiger partial charge in [0.1, 0.15) is 0 Å². The smallest absolute Gasteiger partial charge is 0.425 e. The topological polar surface area (TPSA) is 97.7 Å². The summed E-state index contributed by atoms with van der Waals surface area (Å²) < 4.78 is 7.64. The lowest BCUT2D eigenvalue weighted by molar-refractivity contribution is 0.00779. The van der Waals surface area contributed by atoms with Gasteiger partial charge in [-0.15, -0.1) is 0 Å². The minimum Gasteiger partial charge on any atom is -0.475 e. The van der Waals surface area contributed by atoms with Crippen LogP contribution in [0, 0.1) is 0 Å². The van der Waals surface area contributed by atoms with Crippen LogP contribution in [0.2, 0.25) is 0 Å². The lowest BCUT2D eigenvalue weighted by Crippen LogP contribution is -2.22. The first-order valence-electron chi connectivity index (χ1n) is 2.49. The third-order valence-electron chi connectivity index (χ3n) is 0.881. The first-order chi connectivity index (χ1) is 5.11. The highest BCUT2D eigenvalue weighted by molar-refractivity contribution is 5.83. The van der Waals surface area contributed by atoms with Crippen molar-refractivity contribution in [2.45, 2.75) is 0 Å². The molecule has 0 saturated heterocycles. The lowest BCUT2D eigenvalue weighted by Gasteiger charge is -1.85. The van der Waals surface area contributed by atoms with Crippen molar-refractivity contribution in [3.63, 3.8) is 0 Å². The second-order valence-electron chi connectivity index (χ2n) is 1.63. The fourth-order valence-electron chi connectivity index (χ4n) is 0.423. The molecule has 0 atom stereocenters. The van der Waals surface area contributed by atoms with Crippen molar-refractivity contribution in [1.82, 2.24) is 0 Å². The molecule has 0 aliphatic carbocycles. The third kappa shape index (κ3) is 1.34. The molecule has 11 heavy (non-hydrogen) atoms. The Hall–Kier alpha value is -1.85. The number of carboxylic acid groups (broad SMARTS) is 1. The van der Waals surface area contributed by atoms with E-state index in [1.54, 1.807) is 0 Å². The van der Waals surface area contributed by atoms with E-state index < -0.39 is 22.8 Å². The molecule has 0 bridgehead atoms. The summed E-state index contributed by atoms with van der Waals surface area (Å²) in [5.74, 6) is -2.17. The molecular weight excluding hydrogens is 156 g/mol. The van der Waals surface area contributed by atoms with Gasteiger partial charge in [-0.25, -0.2) is 14.2 Å². The summed E-state index contributed by atoms with van der Waals surface area (Å²) in [6.07, 6.45) is 0. The number of rotatable bonds is 1. The molecule has 1 N–H and O–H groups in total. The average molecular weight is 158 g/mol. The van der Waals surface area contributed by atoms with Gasteiger partial charge in [-0.1, -0.05) is 0 Å². The highest BCUT2D eigenvalue weighted by Crippen LogP contribution is 1.89. The van der Waals surface area contributed by atoms with Gasteiger partial charge < -0.3 is 5.11 Å². The summed E-state index contributed by atoms with van der Waals surface area (Å²) in [5, 5.41) is 8.21. The van der Waals surface area contributed by atoms with Crippen molar-refractivity contribution < 1.29 is 19.1 Å². The molecule has 0 radical (unpaired) electrons. The van der Waals surface area contributed by atoms with E-state index in [1.807, 2.05) is 0 Å². The van der Waals surface area contributed by atoms with E-state index in [1.165, 1.54) is 0 Å². The molecule has 0 aliphatic rings. The van der Waals surface area contributed by atoms with Crippen LogP contribution < -0.4 is 11.1 Å². The molecule has 1 rings (SSSR count). The number of hydrogen-bond donors (Lipinski definition) is 1. The predicted molar refractivity (Wildman–Crippen MR) is 30.5 cm³/mol. The van der Waals surface area contributed by atoms with E-state index >= 15 is 0 Å². The standard InChI is InChI=1S/C5H2O6/c6-2-1-3(4(7)8)10-11-5(2)9/h1H,(H,7,8). The Morgan fingerprint density at radius 1 is 1.36 bits per heavy atom. The van der Waals surface area contributed by atoms with Crippen molar-refractivity contribution in [3.8, 4) is 0 Å². The highest BCUT2D eigenvalue weighted by Gasteiger charge is 2.09. The first kappa shape index (κ1) is 7.26. The molecule has 0 fully saturated rings. The van der Waals surface area contributed by atoms with Gasteiger partial charge in [0.25, 0.3) is 11.2 Å². The largest absolute Gasteiger partial charge is 0.475 e. The Bertz CT molecular complexity index is 382. The van der Waals surface area contributed by atoms with E-state index in [0.29, 0.717) is 6.07 Å². The summed E-state index contributed by atoms with van der Waals surface area (Å²) in [5.41, 5.74) is -2.27.